The lowest BCUT2D eigenvalue weighted by Crippen LogP contribution is -2.33. The minimum atomic E-state index is -1.35. The Hall–Kier alpha value is -5.05. The van der Waals surface area contributed by atoms with Crippen LogP contribution in [0, 0.1) is 0 Å². The molecule has 1 spiro atoms. The van der Waals surface area contributed by atoms with Crippen molar-refractivity contribution in [2.75, 3.05) is 13.2 Å². The Labute approximate surface area is 211 Å². The van der Waals surface area contributed by atoms with Crippen molar-refractivity contribution in [2.24, 2.45) is 0 Å². The third-order valence-corrected chi connectivity index (χ3v) is 5.70. The second-order valence-corrected chi connectivity index (χ2v) is 7.94. The van der Waals surface area contributed by atoms with Gasteiger partial charge >= 0.3 is 18.3 Å². The summed E-state index contributed by atoms with van der Waals surface area (Å²) in [4.78, 5) is 36.8. The molecule has 0 aliphatic carbocycles. The van der Waals surface area contributed by atoms with Crippen LogP contribution in [0.3, 0.4) is 0 Å². The Morgan fingerprint density at radius 1 is 0.784 bits per heavy atom. The summed E-state index contributed by atoms with van der Waals surface area (Å²) in [6.07, 6.45) is 0.988. The van der Waals surface area contributed by atoms with Gasteiger partial charge in [0.15, 0.2) is 5.60 Å². The topological polar surface area (TPSA) is 107 Å². The van der Waals surface area contributed by atoms with Crippen LogP contribution in [0.25, 0.3) is 0 Å². The number of carbonyl (C=O) groups is 3. The van der Waals surface area contributed by atoms with E-state index in [1.54, 1.807) is 48.5 Å². The van der Waals surface area contributed by atoms with Crippen LogP contribution >= 0.6 is 0 Å². The molecule has 0 aromatic heterocycles. The summed E-state index contributed by atoms with van der Waals surface area (Å²) < 4.78 is 32.4. The third kappa shape index (κ3) is 4.16. The molecule has 2 aliphatic heterocycles. The van der Waals surface area contributed by atoms with Gasteiger partial charge in [0.1, 0.15) is 36.2 Å². The van der Waals surface area contributed by atoms with Crippen molar-refractivity contribution < 1.29 is 42.8 Å². The molecule has 2 aliphatic rings. The first-order valence-electron chi connectivity index (χ1n) is 11.2. The van der Waals surface area contributed by atoms with E-state index in [0.717, 1.165) is 0 Å². The number of esters is 1. The molecule has 5 rings (SSSR count). The van der Waals surface area contributed by atoms with E-state index in [4.69, 9.17) is 28.4 Å². The first-order chi connectivity index (χ1) is 18.0. The molecule has 186 valence electrons. The van der Waals surface area contributed by atoms with Crippen molar-refractivity contribution in [2.45, 2.75) is 5.60 Å². The Morgan fingerprint density at radius 3 is 1.86 bits per heavy atom. The Bertz CT molecular complexity index is 1360. The average Bonchev–Trinajstić information content (AvgIpc) is 3.19. The number of hydrogen-bond acceptors (Lipinski definition) is 9. The van der Waals surface area contributed by atoms with Gasteiger partial charge in [0.2, 0.25) is 0 Å². The van der Waals surface area contributed by atoms with Crippen molar-refractivity contribution in [3.05, 3.63) is 108 Å². The first kappa shape index (κ1) is 23.7. The summed E-state index contributed by atoms with van der Waals surface area (Å²) >= 11 is 0. The SMILES string of the molecule is C=CCOC(=O)Oc1ccc2c(c1)Oc1cc(OC(=O)OCC=C)ccc1C21OC(=O)c2ccccc21. The van der Waals surface area contributed by atoms with E-state index in [2.05, 4.69) is 13.2 Å². The lowest BCUT2D eigenvalue weighted by molar-refractivity contribution is 0.0224. The second kappa shape index (κ2) is 9.54. The van der Waals surface area contributed by atoms with Gasteiger partial charge in [-0.25, -0.2) is 14.4 Å². The van der Waals surface area contributed by atoms with Crippen LogP contribution < -0.4 is 14.2 Å². The van der Waals surface area contributed by atoms with E-state index in [-0.39, 0.29) is 36.2 Å². The second-order valence-electron chi connectivity index (χ2n) is 7.94. The molecular weight excluding hydrogens is 480 g/mol. The van der Waals surface area contributed by atoms with E-state index >= 15 is 0 Å². The molecule has 0 amide bonds. The molecule has 9 nitrogen and oxygen atoms in total. The molecule has 0 saturated heterocycles. The van der Waals surface area contributed by atoms with Crippen molar-refractivity contribution >= 4 is 18.3 Å². The molecule has 0 unspecified atom stereocenters. The fourth-order valence-electron chi connectivity index (χ4n) is 4.27. The van der Waals surface area contributed by atoms with Gasteiger partial charge in [-0.2, -0.15) is 0 Å². The van der Waals surface area contributed by atoms with E-state index < -0.39 is 23.9 Å². The Kier molecular flexibility index (Phi) is 6.10. The average molecular weight is 500 g/mol. The van der Waals surface area contributed by atoms with E-state index in [9.17, 15) is 14.4 Å². The molecule has 3 aromatic carbocycles. The van der Waals surface area contributed by atoms with Crippen LogP contribution in [0.5, 0.6) is 23.0 Å². The van der Waals surface area contributed by atoms with Crippen LogP contribution in [0.15, 0.2) is 86.0 Å². The summed E-state index contributed by atoms with van der Waals surface area (Å²) in [6.45, 7) is 6.95. The van der Waals surface area contributed by atoms with E-state index in [1.165, 1.54) is 24.3 Å². The Balaban J connectivity index is 1.60. The largest absolute Gasteiger partial charge is 0.514 e. The molecule has 0 bridgehead atoms. The fourth-order valence-corrected chi connectivity index (χ4v) is 4.27. The molecular formula is C28H20O9. The van der Waals surface area contributed by atoms with Crippen molar-refractivity contribution in [3.8, 4) is 23.0 Å². The minimum Gasteiger partial charge on any atom is -0.456 e. The maximum atomic E-state index is 12.9. The molecule has 2 heterocycles. The summed E-state index contributed by atoms with van der Waals surface area (Å²) in [5.41, 5.74) is 0.709. The highest BCUT2D eigenvalue weighted by atomic mass is 16.7. The van der Waals surface area contributed by atoms with Gasteiger partial charge in [-0.3, -0.25) is 0 Å². The summed E-state index contributed by atoms with van der Waals surface area (Å²) in [7, 11) is 0. The van der Waals surface area contributed by atoms with Crippen LogP contribution in [-0.2, 0) is 19.8 Å². The van der Waals surface area contributed by atoms with Crippen molar-refractivity contribution in [1.82, 2.24) is 0 Å². The lowest BCUT2D eigenvalue weighted by atomic mass is 9.77. The number of rotatable bonds is 6. The van der Waals surface area contributed by atoms with Gasteiger partial charge in [-0.15, -0.1) is 0 Å². The van der Waals surface area contributed by atoms with Crippen LogP contribution in [0.2, 0.25) is 0 Å². The van der Waals surface area contributed by atoms with Crippen molar-refractivity contribution in [1.29, 1.82) is 0 Å². The van der Waals surface area contributed by atoms with Gasteiger partial charge in [0.05, 0.1) is 5.56 Å². The zero-order valence-electron chi connectivity index (χ0n) is 19.4. The predicted molar refractivity (Wildman–Crippen MR) is 129 cm³/mol. The predicted octanol–water partition coefficient (Wildman–Crippen LogP) is 5.66. The molecule has 0 atom stereocenters. The summed E-state index contributed by atoms with van der Waals surface area (Å²) in [5.74, 6) is 0.305. The van der Waals surface area contributed by atoms with Gasteiger partial charge in [0.25, 0.3) is 0 Å². The van der Waals surface area contributed by atoms with Crippen LogP contribution in [0.1, 0.15) is 27.0 Å². The zero-order valence-corrected chi connectivity index (χ0v) is 19.4. The molecule has 0 N–H and O–H groups in total. The molecule has 0 saturated carbocycles. The molecule has 3 aromatic rings. The van der Waals surface area contributed by atoms with Gasteiger partial charge in [0, 0.05) is 28.8 Å². The normalized spacial score (nSPS) is 13.7. The number of fused-ring (bicyclic) bond motifs is 6. The molecule has 0 radical (unpaired) electrons. The number of carbonyl (C=O) groups excluding carboxylic acids is 3. The summed E-state index contributed by atoms with van der Waals surface area (Å²) in [5, 5.41) is 0. The van der Waals surface area contributed by atoms with Gasteiger partial charge in [-0.1, -0.05) is 43.5 Å². The van der Waals surface area contributed by atoms with Crippen LogP contribution in [0.4, 0.5) is 9.59 Å². The highest BCUT2D eigenvalue weighted by molar-refractivity contribution is 5.97. The molecule has 9 heteroatoms. The van der Waals surface area contributed by atoms with E-state index in [0.29, 0.717) is 22.3 Å². The smallest absolute Gasteiger partial charge is 0.456 e. The Morgan fingerprint density at radius 2 is 1.32 bits per heavy atom. The quantitative estimate of drug-likeness (QED) is 0.183. The fraction of sp³-hybridized carbons (Fsp3) is 0.107. The third-order valence-electron chi connectivity index (χ3n) is 5.70. The number of benzene rings is 3. The lowest BCUT2D eigenvalue weighted by Gasteiger charge is -2.36. The summed E-state index contributed by atoms with van der Waals surface area (Å²) in [6, 6.07) is 16.4. The van der Waals surface area contributed by atoms with Gasteiger partial charge in [-0.05, 0) is 30.3 Å². The standard InChI is InChI=1S/C28H20O9/c1-3-13-32-26(30)34-17-9-11-21-23(15-17)36-24-16-18(35-27(31)33-14-4-2)10-12-22(24)28(21)20-8-6-5-7-19(20)25(29)37-28/h3-12,15-16H,1-2,13-14H2. The molecule has 37 heavy (non-hydrogen) atoms. The zero-order chi connectivity index (χ0) is 26.0. The maximum absolute atomic E-state index is 12.9. The van der Waals surface area contributed by atoms with E-state index in [1.807, 2.05) is 0 Å². The monoisotopic (exact) mass is 500 g/mol. The minimum absolute atomic E-state index is 0.0124. The highest BCUT2D eigenvalue weighted by Gasteiger charge is 2.53. The van der Waals surface area contributed by atoms with Crippen molar-refractivity contribution in [3.63, 3.8) is 0 Å². The van der Waals surface area contributed by atoms with Crippen LogP contribution in [-0.4, -0.2) is 31.5 Å². The maximum Gasteiger partial charge on any atom is 0.514 e. The molecule has 0 fully saturated rings. The number of hydrogen-bond donors (Lipinski definition) is 0. The first-order valence-corrected chi connectivity index (χ1v) is 11.2. The highest BCUT2D eigenvalue weighted by Crippen LogP contribution is 2.57. The van der Waals surface area contributed by atoms with Gasteiger partial charge < -0.3 is 28.4 Å². The number of ether oxygens (including phenoxy) is 6.